The summed E-state index contributed by atoms with van der Waals surface area (Å²) >= 11 is 0. The zero-order valence-corrected chi connectivity index (χ0v) is 23.9. The van der Waals surface area contributed by atoms with E-state index in [1.165, 1.54) is 11.1 Å². The molecule has 0 spiro atoms. The summed E-state index contributed by atoms with van der Waals surface area (Å²) in [7, 11) is 0. The molecule has 10 heteroatoms. The van der Waals surface area contributed by atoms with Crippen LogP contribution in [0, 0.1) is 5.92 Å². The number of likely N-dealkylation sites (tertiary alicyclic amines) is 1. The molecule has 4 aromatic rings. The van der Waals surface area contributed by atoms with E-state index in [4.69, 9.17) is 9.97 Å². The van der Waals surface area contributed by atoms with Crippen molar-refractivity contribution in [2.75, 3.05) is 24.5 Å². The largest absolute Gasteiger partial charge is 0.507 e. The zero-order valence-electron chi connectivity index (χ0n) is 23.9. The van der Waals surface area contributed by atoms with Gasteiger partial charge in [-0.05, 0) is 88.2 Å². The first-order valence-corrected chi connectivity index (χ1v) is 15.2. The summed E-state index contributed by atoms with van der Waals surface area (Å²) in [5, 5.41) is 29.5. The first kappa shape index (κ1) is 26.8. The second-order valence-corrected chi connectivity index (χ2v) is 12.1. The number of hydrogen-bond donors (Lipinski definition) is 3. The van der Waals surface area contributed by atoms with E-state index in [0.717, 1.165) is 87.3 Å². The molecule has 0 bridgehead atoms. The summed E-state index contributed by atoms with van der Waals surface area (Å²) in [6.07, 6.45) is 10.6. The third kappa shape index (κ3) is 4.87. The Kier molecular flexibility index (Phi) is 7.01. The first-order chi connectivity index (χ1) is 20.5. The van der Waals surface area contributed by atoms with Crippen LogP contribution in [0.5, 0.6) is 5.75 Å². The van der Waals surface area contributed by atoms with Gasteiger partial charge in [-0.1, -0.05) is 12.1 Å². The van der Waals surface area contributed by atoms with Gasteiger partial charge in [0.05, 0.1) is 17.7 Å². The number of aliphatic carboxylic acids is 1. The normalized spacial score (nSPS) is 23.6. The predicted octanol–water partition coefficient (Wildman–Crippen LogP) is 5.07. The zero-order chi connectivity index (χ0) is 28.8. The Labute approximate surface area is 244 Å². The number of fused-ring (bicyclic) bond motifs is 3. The SMILES string of the molecule is C[C@H]1c2c([nH]c3nnc(-c4ccccc4O)cc23)CCN1c1ncc(C2CCN(C3CCC(C(=O)O)CC3)CC2)cn1. The van der Waals surface area contributed by atoms with Gasteiger partial charge >= 0.3 is 5.97 Å². The Morgan fingerprint density at radius 2 is 1.71 bits per heavy atom. The van der Waals surface area contributed by atoms with Crippen molar-refractivity contribution in [2.45, 2.75) is 69.9 Å². The number of phenolic OH excluding ortho intramolecular Hbond substituents is 1. The van der Waals surface area contributed by atoms with Gasteiger partial charge in [0, 0.05) is 53.6 Å². The molecule has 1 aromatic carbocycles. The molecule has 3 aliphatic rings. The maximum absolute atomic E-state index is 11.3. The molecule has 1 aliphatic carbocycles. The van der Waals surface area contributed by atoms with E-state index in [1.807, 2.05) is 30.6 Å². The molecule has 5 heterocycles. The average molecular weight is 568 g/mol. The number of carboxylic acid groups (broad SMARTS) is 1. The number of aromatic nitrogens is 5. The summed E-state index contributed by atoms with van der Waals surface area (Å²) in [4.78, 5) is 29.3. The highest BCUT2D eigenvalue weighted by Crippen LogP contribution is 2.39. The molecule has 2 fully saturated rings. The molecule has 218 valence electrons. The van der Waals surface area contributed by atoms with Gasteiger partial charge in [0.1, 0.15) is 5.75 Å². The number of piperidine rings is 1. The van der Waals surface area contributed by atoms with Crippen molar-refractivity contribution in [3.05, 3.63) is 59.5 Å². The number of phenols is 1. The van der Waals surface area contributed by atoms with Gasteiger partial charge in [-0.25, -0.2) is 9.97 Å². The lowest BCUT2D eigenvalue weighted by molar-refractivity contribution is -0.143. The van der Waals surface area contributed by atoms with Crippen LogP contribution in [0.15, 0.2) is 42.7 Å². The molecule has 1 saturated heterocycles. The fraction of sp³-hybridized carbons (Fsp3) is 0.469. The Morgan fingerprint density at radius 3 is 2.43 bits per heavy atom. The van der Waals surface area contributed by atoms with E-state index in [9.17, 15) is 15.0 Å². The number of aromatic amines is 1. The molecule has 3 N–H and O–H groups in total. The molecule has 42 heavy (non-hydrogen) atoms. The summed E-state index contributed by atoms with van der Waals surface area (Å²) in [6, 6.07) is 9.79. The van der Waals surface area contributed by atoms with Crippen molar-refractivity contribution in [2.24, 2.45) is 5.92 Å². The first-order valence-electron chi connectivity index (χ1n) is 15.2. The minimum Gasteiger partial charge on any atom is -0.507 e. The standard InChI is InChI=1S/C32H37N7O3/c1-19-29-25-16-27(24-4-2-3-5-28(24)40)36-37-30(25)35-26(29)12-15-39(19)32-33-17-22(18-34-32)20-10-13-38(14-11-20)23-8-6-21(7-9-23)31(41)42/h2-5,16-21,23,40H,6-15H2,1H3,(H,35,37)(H,41,42)/t19-,21?,23?/m0/s1. The Morgan fingerprint density at radius 1 is 0.976 bits per heavy atom. The van der Waals surface area contributed by atoms with Crippen LogP contribution in [0.2, 0.25) is 0 Å². The number of H-pyrrole nitrogens is 1. The van der Waals surface area contributed by atoms with Gasteiger partial charge < -0.3 is 25.0 Å². The molecule has 3 aromatic heterocycles. The Hall–Kier alpha value is -4.05. The van der Waals surface area contributed by atoms with Crippen molar-refractivity contribution in [1.29, 1.82) is 0 Å². The van der Waals surface area contributed by atoms with Gasteiger partial charge in [-0.3, -0.25) is 4.79 Å². The molecule has 0 unspecified atom stereocenters. The molecule has 0 amide bonds. The lowest BCUT2D eigenvalue weighted by atomic mass is 9.83. The lowest BCUT2D eigenvalue weighted by Crippen LogP contribution is -2.43. The fourth-order valence-corrected chi connectivity index (χ4v) is 7.39. The van der Waals surface area contributed by atoms with Crippen LogP contribution in [0.1, 0.15) is 74.2 Å². The molecule has 1 saturated carbocycles. The van der Waals surface area contributed by atoms with E-state index in [1.54, 1.807) is 12.1 Å². The van der Waals surface area contributed by atoms with Crippen molar-refractivity contribution in [3.8, 4) is 17.0 Å². The van der Waals surface area contributed by atoms with E-state index < -0.39 is 5.97 Å². The van der Waals surface area contributed by atoms with Gasteiger partial charge in [-0.15, -0.1) is 10.2 Å². The minimum absolute atomic E-state index is 0.0502. The number of aromatic hydroxyl groups is 1. The second-order valence-electron chi connectivity index (χ2n) is 12.1. The van der Waals surface area contributed by atoms with E-state index in [0.29, 0.717) is 23.2 Å². The fourth-order valence-electron chi connectivity index (χ4n) is 7.39. The number of nitrogens with zero attached hydrogens (tertiary/aromatic N) is 6. The number of para-hydroxylation sites is 1. The van der Waals surface area contributed by atoms with Gasteiger partial charge in [0.25, 0.3) is 0 Å². The molecule has 10 nitrogen and oxygen atoms in total. The molecule has 2 aliphatic heterocycles. The molecule has 7 rings (SSSR count). The second kappa shape index (κ2) is 11.0. The number of carbonyl (C=O) groups is 1. The van der Waals surface area contributed by atoms with E-state index in [-0.39, 0.29) is 17.7 Å². The van der Waals surface area contributed by atoms with Gasteiger partial charge in [0.2, 0.25) is 5.95 Å². The third-order valence-electron chi connectivity index (χ3n) is 9.82. The molecular formula is C32H37N7O3. The number of benzene rings is 1. The highest BCUT2D eigenvalue weighted by Gasteiger charge is 2.33. The molecule has 1 atom stereocenters. The third-order valence-corrected chi connectivity index (χ3v) is 9.82. The summed E-state index contributed by atoms with van der Waals surface area (Å²) < 4.78 is 0. The Balaban J connectivity index is 1.04. The summed E-state index contributed by atoms with van der Waals surface area (Å²) in [5.41, 5.74) is 5.61. The highest BCUT2D eigenvalue weighted by molar-refractivity contribution is 5.86. The average Bonchev–Trinajstić information content (AvgIpc) is 3.40. The monoisotopic (exact) mass is 567 g/mol. The Bertz CT molecular complexity index is 1590. The minimum atomic E-state index is -0.635. The lowest BCUT2D eigenvalue weighted by Gasteiger charge is -2.40. The maximum Gasteiger partial charge on any atom is 0.306 e. The van der Waals surface area contributed by atoms with Crippen LogP contribution in [0.25, 0.3) is 22.3 Å². The van der Waals surface area contributed by atoms with Crippen LogP contribution >= 0.6 is 0 Å². The van der Waals surface area contributed by atoms with Crippen molar-refractivity contribution in [3.63, 3.8) is 0 Å². The molecule has 0 radical (unpaired) electrons. The number of rotatable bonds is 5. The van der Waals surface area contributed by atoms with Crippen molar-refractivity contribution in [1.82, 2.24) is 30.0 Å². The van der Waals surface area contributed by atoms with E-state index in [2.05, 4.69) is 31.9 Å². The van der Waals surface area contributed by atoms with Crippen LogP contribution < -0.4 is 4.90 Å². The number of nitrogens with one attached hydrogen (secondary N) is 1. The number of hydrogen-bond acceptors (Lipinski definition) is 8. The summed E-state index contributed by atoms with van der Waals surface area (Å²) in [5.74, 6) is 0.587. The van der Waals surface area contributed by atoms with Crippen LogP contribution in [-0.2, 0) is 11.2 Å². The molecular weight excluding hydrogens is 530 g/mol. The quantitative estimate of drug-likeness (QED) is 0.303. The van der Waals surface area contributed by atoms with Gasteiger partial charge in [-0.2, -0.15) is 0 Å². The van der Waals surface area contributed by atoms with Crippen LogP contribution in [0.3, 0.4) is 0 Å². The van der Waals surface area contributed by atoms with Crippen molar-refractivity contribution >= 4 is 23.0 Å². The van der Waals surface area contributed by atoms with E-state index >= 15 is 0 Å². The smallest absolute Gasteiger partial charge is 0.306 e. The topological polar surface area (TPSA) is 131 Å². The van der Waals surface area contributed by atoms with Gasteiger partial charge in [0.15, 0.2) is 5.65 Å². The van der Waals surface area contributed by atoms with Crippen LogP contribution in [0.4, 0.5) is 5.95 Å². The van der Waals surface area contributed by atoms with Crippen molar-refractivity contribution < 1.29 is 15.0 Å². The maximum atomic E-state index is 11.3. The highest BCUT2D eigenvalue weighted by atomic mass is 16.4. The van der Waals surface area contributed by atoms with Crippen LogP contribution in [-0.4, -0.2) is 71.9 Å². The predicted molar refractivity (Wildman–Crippen MR) is 159 cm³/mol. The summed E-state index contributed by atoms with van der Waals surface area (Å²) in [6.45, 7) is 5.09. The number of anilines is 1. The number of carboxylic acids is 1.